The Kier molecular flexibility index (Phi) is 3.61. The van der Waals surface area contributed by atoms with Gasteiger partial charge in [-0.05, 0) is 17.7 Å². The summed E-state index contributed by atoms with van der Waals surface area (Å²) < 4.78 is 10.6. The molecule has 0 bridgehead atoms. The summed E-state index contributed by atoms with van der Waals surface area (Å²) in [6.45, 7) is 2.37. The third-order valence-electron chi connectivity index (χ3n) is 2.15. The monoisotopic (exact) mass is 253 g/mol. The van der Waals surface area contributed by atoms with Gasteiger partial charge in [-0.25, -0.2) is 0 Å². The van der Waals surface area contributed by atoms with Crippen molar-refractivity contribution in [1.29, 1.82) is 0 Å². The lowest BCUT2D eigenvalue weighted by atomic mass is 10.2. The summed E-state index contributed by atoms with van der Waals surface area (Å²) in [7, 11) is 0. The number of hydrogen-bond donors (Lipinski definition) is 1. The van der Waals surface area contributed by atoms with Crippen LogP contribution in [0.3, 0.4) is 0 Å². The lowest BCUT2D eigenvalue weighted by Crippen LogP contribution is -1.99. The molecular formula is C11H12ClN3O2. The molecule has 0 amide bonds. The van der Waals surface area contributed by atoms with E-state index >= 15 is 0 Å². The number of rotatable bonds is 4. The van der Waals surface area contributed by atoms with E-state index in [4.69, 9.17) is 26.5 Å². The summed E-state index contributed by atoms with van der Waals surface area (Å²) in [5.41, 5.74) is 6.46. The molecule has 0 radical (unpaired) electrons. The number of halogens is 1. The minimum atomic E-state index is 0.197. The van der Waals surface area contributed by atoms with Crippen molar-refractivity contribution < 1.29 is 9.15 Å². The van der Waals surface area contributed by atoms with Crippen molar-refractivity contribution >= 4 is 11.6 Å². The van der Waals surface area contributed by atoms with Crippen molar-refractivity contribution in [2.24, 2.45) is 5.73 Å². The zero-order valence-electron chi connectivity index (χ0n) is 9.31. The second kappa shape index (κ2) is 5.16. The van der Waals surface area contributed by atoms with Crippen LogP contribution in [0.15, 0.2) is 22.6 Å². The van der Waals surface area contributed by atoms with Crippen molar-refractivity contribution in [2.45, 2.75) is 20.1 Å². The maximum atomic E-state index is 6.03. The van der Waals surface area contributed by atoms with Crippen LogP contribution < -0.4 is 10.5 Å². The molecule has 5 nitrogen and oxygen atoms in total. The predicted molar refractivity (Wildman–Crippen MR) is 62.7 cm³/mol. The fourth-order valence-corrected chi connectivity index (χ4v) is 1.58. The van der Waals surface area contributed by atoms with Crippen molar-refractivity contribution in [1.82, 2.24) is 10.2 Å². The smallest absolute Gasteiger partial charge is 0.253 e. The molecule has 2 aromatic rings. The molecule has 0 spiro atoms. The molecule has 0 fully saturated rings. The summed E-state index contributed by atoms with van der Waals surface area (Å²) in [4.78, 5) is 0. The van der Waals surface area contributed by atoms with Gasteiger partial charge >= 0.3 is 0 Å². The number of aromatic nitrogens is 2. The van der Waals surface area contributed by atoms with Gasteiger partial charge in [-0.1, -0.05) is 17.7 Å². The lowest BCUT2D eigenvalue weighted by Gasteiger charge is -2.06. The maximum absolute atomic E-state index is 6.03. The van der Waals surface area contributed by atoms with E-state index in [2.05, 4.69) is 10.2 Å². The van der Waals surface area contributed by atoms with Crippen LogP contribution in [0.4, 0.5) is 0 Å². The van der Waals surface area contributed by atoms with Crippen LogP contribution in [0.25, 0.3) is 0 Å². The first kappa shape index (κ1) is 11.9. The van der Waals surface area contributed by atoms with Gasteiger partial charge in [0.15, 0.2) is 6.61 Å². The fraction of sp³-hybridized carbons (Fsp3) is 0.273. The van der Waals surface area contributed by atoms with Crippen LogP contribution in [0.1, 0.15) is 17.3 Å². The summed E-state index contributed by atoms with van der Waals surface area (Å²) in [5, 5.41) is 8.04. The van der Waals surface area contributed by atoms with Gasteiger partial charge in [-0.3, -0.25) is 0 Å². The molecule has 1 aromatic heterocycles. The third-order valence-corrected chi connectivity index (χ3v) is 2.45. The minimum absolute atomic E-state index is 0.197. The van der Waals surface area contributed by atoms with E-state index in [9.17, 15) is 0 Å². The highest BCUT2D eigenvalue weighted by atomic mass is 35.5. The Morgan fingerprint density at radius 3 is 2.82 bits per heavy atom. The number of aryl methyl sites for hydroxylation is 1. The molecule has 90 valence electrons. The standard InChI is InChI=1S/C11H12ClN3O2/c1-7-14-15-11(17-7)6-16-10-3-2-8(5-13)4-9(10)12/h2-4H,5-6,13H2,1H3. The van der Waals surface area contributed by atoms with Crippen LogP contribution in [-0.4, -0.2) is 10.2 Å². The quantitative estimate of drug-likeness (QED) is 0.903. The molecule has 0 aliphatic carbocycles. The van der Waals surface area contributed by atoms with E-state index in [-0.39, 0.29) is 6.61 Å². The molecule has 0 saturated carbocycles. The highest BCUT2D eigenvalue weighted by molar-refractivity contribution is 6.32. The van der Waals surface area contributed by atoms with E-state index in [0.717, 1.165) is 5.56 Å². The zero-order valence-corrected chi connectivity index (χ0v) is 10.1. The summed E-state index contributed by atoms with van der Waals surface area (Å²) in [6.07, 6.45) is 0. The van der Waals surface area contributed by atoms with Crippen molar-refractivity contribution in [3.05, 3.63) is 40.6 Å². The molecule has 2 rings (SSSR count). The molecule has 17 heavy (non-hydrogen) atoms. The van der Waals surface area contributed by atoms with Crippen molar-refractivity contribution in [3.63, 3.8) is 0 Å². The van der Waals surface area contributed by atoms with Crippen LogP contribution >= 0.6 is 11.6 Å². The van der Waals surface area contributed by atoms with E-state index in [1.54, 1.807) is 19.1 Å². The van der Waals surface area contributed by atoms with Gasteiger partial charge in [0, 0.05) is 13.5 Å². The Hall–Kier alpha value is -1.59. The maximum Gasteiger partial charge on any atom is 0.253 e. The SMILES string of the molecule is Cc1nnc(COc2ccc(CN)cc2Cl)o1. The molecular weight excluding hydrogens is 242 g/mol. The highest BCUT2D eigenvalue weighted by Crippen LogP contribution is 2.26. The Morgan fingerprint density at radius 2 is 2.24 bits per heavy atom. The first-order valence-electron chi connectivity index (χ1n) is 5.09. The molecule has 0 atom stereocenters. The summed E-state index contributed by atoms with van der Waals surface area (Å²) >= 11 is 6.03. The summed E-state index contributed by atoms with van der Waals surface area (Å²) in [6, 6.07) is 5.41. The van der Waals surface area contributed by atoms with E-state index in [1.807, 2.05) is 6.07 Å². The number of nitrogens with two attached hydrogens (primary N) is 1. The van der Waals surface area contributed by atoms with Crippen molar-refractivity contribution in [2.75, 3.05) is 0 Å². The number of ether oxygens (including phenoxy) is 1. The number of benzene rings is 1. The van der Waals surface area contributed by atoms with Gasteiger partial charge in [0.25, 0.3) is 5.89 Å². The molecule has 1 heterocycles. The predicted octanol–water partition coefficient (Wildman–Crippen LogP) is 2.07. The fourth-order valence-electron chi connectivity index (χ4n) is 1.32. The van der Waals surface area contributed by atoms with Gasteiger partial charge < -0.3 is 14.9 Å². The molecule has 0 aliphatic heterocycles. The average Bonchev–Trinajstić information content (AvgIpc) is 2.73. The third kappa shape index (κ3) is 2.95. The number of nitrogens with zero attached hydrogens (tertiary/aromatic N) is 2. The molecule has 1 aromatic carbocycles. The van der Waals surface area contributed by atoms with E-state index < -0.39 is 0 Å². The average molecular weight is 254 g/mol. The number of hydrogen-bond acceptors (Lipinski definition) is 5. The molecule has 0 aliphatic rings. The second-order valence-electron chi connectivity index (χ2n) is 3.47. The first-order chi connectivity index (χ1) is 8.19. The minimum Gasteiger partial charge on any atom is -0.482 e. The normalized spacial score (nSPS) is 10.5. The van der Waals surface area contributed by atoms with Gasteiger partial charge in [0.1, 0.15) is 5.75 Å². The second-order valence-corrected chi connectivity index (χ2v) is 3.88. The molecule has 6 heteroatoms. The van der Waals surface area contributed by atoms with Crippen LogP contribution in [-0.2, 0) is 13.2 Å². The first-order valence-corrected chi connectivity index (χ1v) is 5.47. The molecule has 2 N–H and O–H groups in total. The largest absolute Gasteiger partial charge is 0.482 e. The lowest BCUT2D eigenvalue weighted by molar-refractivity contribution is 0.260. The van der Waals surface area contributed by atoms with Gasteiger partial charge in [-0.15, -0.1) is 10.2 Å². The summed E-state index contributed by atoms with van der Waals surface area (Å²) in [5.74, 6) is 1.49. The molecule has 0 saturated heterocycles. The van der Waals surface area contributed by atoms with Crippen LogP contribution in [0.5, 0.6) is 5.75 Å². The van der Waals surface area contributed by atoms with Crippen LogP contribution in [0, 0.1) is 6.92 Å². The van der Waals surface area contributed by atoms with Crippen molar-refractivity contribution in [3.8, 4) is 5.75 Å². The Labute approximate surface area is 104 Å². The Morgan fingerprint density at radius 1 is 1.41 bits per heavy atom. The topological polar surface area (TPSA) is 74.2 Å². The van der Waals surface area contributed by atoms with E-state index in [0.29, 0.717) is 29.1 Å². The van der Waals surface area contributed by atoms with Crippen LogP contribution in [0.2, 0.25) is 5.02 Å². The highest BCUT2D eigenvalue weighted by Gasteiger charge is 2.06. The Balaban J connectivity index is 2.04. The van der Waals surface area contributed by atoms with Gasteiger partial charge in [-0.2, -0.15) is 0 Å². The van der Waals surface area contributed by atoms with E-state index in [1.165, 1.54) is 0 Å². The Bertz CT molecular complexity index is 513. The van der Waals surface area contributed by atoms with Gasteiger partial charge in [0.05, 0.1) is 5.02 Å². The molecule has 0 unspecified atom stereocenters. The van der Waals surface area contributed by atoms with Gasteiger partial charge in [0.2, 0.25) is 5.89 Å². The zero-order chi connectivity index (χ0) is 12.3.